The second kappa shape index (κ2) is 8.39. The van der Waals surface area contributed by atoms with Gasteiger partial charge in [0, 0.05) is 12.0 Å². The van der Waals surface area contributed by atoms with Crippen LogP contribution < -0.4 is 10.1 Å². The molecule has 0 aliphatic carbocycles. The summed E-state index contributed by atoms with van der Waals surface area (Å²) in [5.41, 5.74) is 1.28. The summed E-state index contributed by atoms with van der Waals surface area (Å²) in [5, 5.41) is 5.29. The molecule has 140 valence electrons. The molecule has 1 fully saturated rings. The number of ether oxygens (including phenoxy) is 2. The number of hydrogen-bond donors (Lipinski definition) is 1. The zero-order valence-electron chi connectivity index (χ0n) is 14.3. The summed E-state index contributed by atoms with van der Waals surface area (Å²) in [4.78, 5) is 18.2. The Morgan fingerprint density at radius 3 is 3.00 bits per heavy atom. The molecule has 1 amide bonds. The van der Waals surface area contributed by atoms with E-state index >= 15 is 0 Å². The molecule has 4 rings (SSSR count). The van der Waals surface area contributed by atoms with Crippen molar-refractivity contribution in [2.24, 2.45) is 0 Å². The van der Waals surface area contributed by atoms with Gasteiger partial charge in [0.15, 0.2) is 5.13 Å². The van der Waals surface area contributed by atoms with Crippen LogP contribution in [-0.4, -0.2) is 30.2 Å². The van der Waals surface area contributed by atoms with Crippen molar-refractivity contribution in [3.63, 3.8) is 0 Å². The average molecular weight is 421 g/mol. The zero-order chi connectivity index (χ0) is 18.6. The highest BCUT2D eigenvalue weighted by molar-refractivity contribution is 7.20. The monoisotopic (exact) mass is 420 g/mol. The van der Waals surface area contributed by atoms with Crippen LogP contribution >= 0.6 is 34.3 Å². The van der Waals surface area contributed by atoms with Gasteiger partial charge in [-0.3, -0.25) is 10.1 Å². The SMILES string of the molecule is O=C(Nc1nc(-c2ccc(Cl)s2)cs1)c1ccccc1OC[C@@H]1CCCO1. The number of anilines is 1. The maximum absolute atomic E-state index is 12.7. The maximum Gasteiger partial charge on any atom is 0.261 e. The van der Waals surface area contributed by atoms with E-state index in [2.05, 4.69) is 10.3 Å². The molecule has 2 aromatic heterocycles. The van der Waals surface area contributed by atoms with Crippen LogP contribution in [0.15, 0.2) is 41.8 Å². The number of nitrogens with zero attached hydrogens (tertiary/aromatic N) is 1. The number of carbonyl (C=O) groups is 1. The summed E-state index contributed by atoms with van der Waals surface area (Å²) in [6.07, 6.45) is 2.14. The first kappa shape index (κ1) is 18.4. The van der Waals surface area contributed by atoms with Gasteiger partial charge in [-0.25, -0.2) is 4.98 Å². The van der Waals surface area contributed by atoms with Gasteiger partial charge in [0.2, 0.25) is 0 Å². The number of halogens is 1. The van der Waals surface area contributed by atoms with Crippen LogP contribution in [0.25, 0.3) is 10.6 Å². The molecule has 1 aromatic carbocycles. The van der Waals surface area contributed by atoms with Crippen molar-refractivity contribution >= 4 is 45.3 Å². The van der Waals surface area contributed by atoms with E-state index in [4.69, 9.17) is 21.1 Å². The van der Waals surface area contributed by atoms with Crippen LogP contribution in [0, 0.1) is 0 Å². The van der Waals surface area contributed by atoms with Crippen LogP contribution in [0.1, 0.15) is 23.2 Å². The van der Waals surface area contributed by atoms with Gasteiger partial charge in [-0.05, 0) is 37.1 Å². The van der Waals surface area contributed by atoms with Crippen molar-refractivity contribution in [2.75, 3.05) is 18.5 Å². The topological polar surface area (TPSA) is 60.5 Å². The van der Waals surface area contributed by atoms with Gasteiger partial charge in [-0.15, -0.1) is 22.7 Å². The summed E-state index contributed by atoms with van der Waals surface area (Å²) < 4.78 is 12.1. The zero-order valence-corrected chi connectivity index (χ0v) is 16.7. The number of aromatic nitrogens is 1. The summed E-state index contributed by atoms with van der Waals surface area (Å²) in [6.45, 7) is 1.23. The largest absolute Gasteiger partial charge is 0.490 e. The number of rotatable bonds is 6. The molecule has 1 atom stereocenters. The minimum atomic E-state index is -0.247. The summed E-state index contributed by atoms with van der Waals surface area (Å²) in [5.74, 6) is 0.301. The molecule has 0 bridgehead atoms. The number of amides is 1. The molecule has 0 spiro atoms. The van der Waals surface area contributed by atoms with Crippen molar-refractivity contribution in [3.05, 3.63) is 51.7 Å². The molecule has 1 saturated heterocycles. The predicted octanol–water partition coefficient (Wildman–Crippen LogP) is 5.34. The van der Waals surface area contributed by atoms with Gasteiger partial charge in [-0.1, -0.05) is 23.7 Å². The van der Waals surface area contributed by atoms with Gasteiger partial charge in [0.05, 0.1) is 26.6 Å². The average Bonchev–Trinajstić information content (AvgIpc) is 3.42. The molecule has 1 N–H and O–H groups in total. The molecule has 8 heteroatoms. The van der Waals surface area contributed by atoms with Crippen LogP contribution in [-0.2, 0) is 4.74 Å². The number of carbonyl (C=O) groups excluding carboxylic acids is 1. The maximum atomic E-state index is 12.7. The van der Waals surface area contributed by atoms with E-state index in [1.165, 1.54) is 22.7 Å². The minimum absolute atomic E-state index is 0.0975. The third-order valence-corrected chi connectivity index (χ3v) is 6.14. The first-order chi connectivity index (χ1) is 13.2. The van der Waals surface area contributed by atoms with E-state index in [0.29, 0.717) is 27.4 Å². The van der Waals surface area contributed by atoms with E-state index in [0.717, 1.165) is 30.0 Å². The van der Waals surface area contributed by atoms with Crippen LogP contribution in [0.5, 0.6) is 5.75 Å². The van der Waals surface area contributed by atoms with E-state index in [1.807, 2.05) is 29.6 Å². The quantitative estimate of drug-likeness (QED) is 0.585. The van der Waals surface area contributed by atoms with Crippen LogP contribution in [0.3, 0.4) is 0 Å². The molecule has 1 aliphatic heterocycles. The van der Waals surface area contributed by atoms with E-state index in [-0.39, 0.29) is 12.0 Å². The van der Waals surface area contributed by atoms with Gasteiger partial charge < -0.3 is 9.47 Å². The lowest BCUT2D eigenvalue weighted by Crippen LogP contribution is -2.19. The number of hydrogen-bond acceptors (Lipinski definition) is 6. The highest BCUT2D eigenvalue weighted by Gasteiger charge is 2.19. The molecule has 27 heavy (non-hydrogen) atoms. The second-order valence-electron chi connectivity index (χ2n) is 6.04. The first-order valence-corrected chi connectivity index (χ1v) is 10.6. The number of nitrogens with one attached hydrogen (secondary N) is 1. The fraction of sp³-hybridized carbons (Fsp3) is 0.263. The third kappa shape index (κ3) is 4.50. The van der Waals surface area contributed by atoms with Crippen molar-refractivity contribution in [1.82, 2.24) is 4.98 Å². The second-order valence-corrected chi connectivity index (χ2v) is 8.61. The van der Waals surface area contributed by atoms with E-state index in [1.54, 1.807) is 12.1 Å². The summed E-state index contributed by atoms with van der Waals surface area (Å²) in [7, 11) is 0. The smallest absolute Gasteiger partial charge is 0.261 e. The highest BCUT2D eigenvalue weighted by Crippen LogP contribution is 2.33. The van der Waals surface area contributed by atoms with Crippen molar-refractivity contribution < 1.29 is 14.3 Å². The fourth-order valence-corrected chi connectivity index (χ4v) is 4.58. The van der Waals surface area contributed by atoms with Gasteiger partial charge in [-0.2, -0.15) is 0 Å². The normalized spacial score (nSPS) is 16.4. The number of benzene rings is 1. The van der Waals surface area contributed by atoms with Gasteiger partial charge in [0.1, 0.15) is 12.4 Å². The standard InChI is InChI=1S/C19H17ClN2O3S2/c20-17-8-7-16(27-17)14-11-26-19(21-14)22-18(23)13-5-1-2-6-15(13)25-10-12-4-3-9-24-12/h1-2,5-8,11-12H,3-4,9-10H2,(H,21,22,23)/t12-/m0/s1. The van der Waals surface area contributed by atoms with Crippen LogP contribution in [0.2, 0.25) is 4.34 Å². The highest BCUT2D eigenvalue weighted by atomic mass is 35.5. The Morgan fingerprint density at radius 2 is 2.22 bits per heavy atom. The summed E-state index contributed by atoms with van der Waals surface area (Å²) in [6, 6.07) is 11.0. The van der Waals surface area contributed by atoms with Crippen molar-refractivity contribution in [2.45, 2.75) is 18.9 Å². The molecular formula is C19H17ClN2O3S2. The van der Waals surface area contributed by atoms with Crippen molar-refractivity contribution in [3.8, 4) is 16.3 Å². The Morgan fingerprint density at radius 1 is 1.33 bits per heavy atom. The summed E-state index contributed by atoms with van der Waals surface area (Å²) >= 11 is 8.81. The molecule has 0 radical (unpaired) electrons. The fourth-order valence-electron chi connectivity index (χ4n) is 2.80. The molecule has 3 heterocycles. The lowest BCUT2D eigenvalue weighted by Gasteiger charge is -2.14. The van der Waals surface area contributed by atoms with Crippen molar-refractivity contribution in [1.29, 1.82) is 0 Å². The number of thiophene rings is 1. The third-order valence-electron chi connectivity index (χ3n) is 4.13. The van der Waals surface area contributed by atoms with E-state index < -0.39 is 0 Å². The van der Waals surface area contributed by atoms with Gasteiger partial charge >= 0.3 is 0 Å². The molecule has 1 aliphatic rings. The van der Waals surface area contributed by atoms with Gasteiger partial charge in [0.25, 0.3) is 5.91 Å². The van der Waals surface area contributed by atoms with Crippen LogP contribution in [0.4, 0.5) is 5.13 Å². The predicted molar refractivity (Wildman–Crippen MR) is 109 cm³/mol. The Balaban J connectivity index is 1.44. The lowest BCUT2D eigenvalue weighted by molar-refractivity contribution is 0.0673. The Hall–Kier alpha value is -1.93. The Labute approximate surface area is 169 Å². The molecular weight excluding hydrogens is 404 g/mol. The molecule has 0 unspecified atom stereocenters. The van der Waals surface area contributed by atoms with E-state index in [9.17, 15) is 4.79 Å². The Bertz CT molecular complexity index is 934. The first-order valence-electron chi connectivity index (χ1n) is 8.55. The lowest BCUT2D eigenvalue weighted by atomic mass is 10.2. The number of para-hydroxylation sites is 1. The molecule has 0 saturated carbocycles. The Kier molecular flexibility index (Phi) is 5.73. The molecule has 5 nitrogen and oxygen atoms in total. The molecule has 3 aromatic rings. The number of thiazole rings is 1. The minimum Gasteiger partial charge on any atom is -0.490 e.